The van der Waals surface area contributed by atoms with Crippen LogP contribution in [-0.4, -0.2) is 99.5 Å². The van der Waals surface area contributed by atoms with Gasteiger partial charge in [-0.1, -0.05) is 5.21 Å². The molecule has 15 nitrogen and oxygen atoms in total. The highest BCUT2D eigenvalue weighted by atomic mass is 16.3. The Bertz CT molecular complexity index is 1720. The zero-order chi connectivity index (χ0) is 32.4. The monoisotopic (exact) mass is 631 g/mol. The molecule has 0 radical (unpaired) electrons. The number of anilines is 2. The summed E-state index contributed by atoms with van der Waals surface area (Å²) in [6.45, 7) is 3.10. The van der Waals surface area contributed by atoms with Crippen LogP contribution in [0.5, 0.6) is 0 Å². The van der Waals surface area contributed by atoms with Gasteiger partial charge in [-0.15, -0.1) is 5.10 Å². The summed E-state index contributed by atoms with van der Waals surface area (Å²) < 4.78 is 0.996. The van der Waals surface area contributed by atoms with E-state index in [2.05, 4.69) is 31.2 Å². The molecule has 4 amide bonds. The first kappa shape index (κ1) is 31.1. The van der Waals surface area contributed by atoms with E-state index in [-0.39, 0.29) is 36.7 Å². The molecule has 6 rings (SSSR count). The minimum absolute atomic E-state index is 0.00853. The first-order chi connectivity index (χ1) is 22.1. The fraction of sp³-hybridized carbons (Fsp3) is 0.452. The average molecular weight is 632 g/mol. The van der Waals surface area contributed by atoms with Crippen LogP contribution in [0.15, 0.2) is 47.3 Å². The maximum Gasteiger partial charge on any atom is 0.278 e. The lowest BCUT2D eigenvalue weighted by Gasteiger charge is -2.45. The maximum atomic E-state index is 13.2. The van der Waals surface area contributed by atoms with Gasteiger partial charge in [-0.2, -0.15) is 4.68 Å². The molecule has 4 heterocycles. The van der Waals surface area contributed by atoms with Gasteiger partial charge in [0.05, 0.1) is 17.5 Å². The number of imide groups is 1. The Morgan fingerprint density at radius 2 is 1.83 bits per heavy atom. The molecule has 3 saturated heterocycles. The fourth-order valence-corrected chi connectivity index (χ4v) is 6.49. The Morgan fingerprint density at radius 3 is 2.54 bits per heavy atom. The van der Waals surface area contributed by atoms with Crippen molar-refractivity contribution in [1.82, 2.24) is 30.5 Å². The van der Waals surface area contributed by atoms with Crippen LogP contribution in [0, 0.1) is 0 Å². The zero-order valence-electron chi connectivity index (χ0n) is 25.3. The number of hydrogen-bond acceptors (Lipinski definition) is 11. The van der Waals surface area contributed by atoms with Crippen molar-refractivity contribution in [3.63, 3.8) is 0 Å². The van der Waals surface area contributed by atoms with E-state index in [0.717, 1.165) is 23.5 Å². The van der Waals surface area contributed by atoms with Crippen molar-refractivity contribution in [3.05, 3.63) is 58.4 Å². The molecule has 242 valence electrons. The molecule has 3 fully saturated rings. The summed E-state index contributed by atoms with van der Waals surface area (Å²) in [5, 5.41) is 28.4. The number of likely N-dealkylation sites (tertiary alicyclic amines) is 1. The third-order valence-electron chi connectivity index (χ3n) is 9.13. The molecule has 3 aliphatic rings. The van der Waals surface area contributed by atoms with E-state index in [1.54, 1.807) is 35.2 Å². The minimum atomic E-state index is -0.929. The summed E-state index contributed by atoms with van der Waals surface area (Å²) in [5.74, 6) is -1.59. The molecular weight excluding hydrogens is 594 g/mol. The molecule has 0 bridgehead atoms. The van der Waals surface area contributed by atoms with Crippen molar-refractivity contribution in [1.29, 1.82) is 0 Å². The van der Waals surface area contributed by atoms with E-state index >= 15 is 0 Å². The Labute approximate surface area is 264 Å². The van der Waals surface area contributed by atoms with Crippen molar-refractivity contribution in [2.24, 2.45) is 5.73 Å². The smallest absolute Gasteiger partial charge is 0.278 e. The molecule has 2 atom stereocenters. The number of nitrogens with zero attached hydrogens (tertiary/aromatic N) is 5. The number of nitrogens with two attached hydrogens (primary N) is 1. The number of aromatic nitrogens is 3. The van der Waals surface area contributed by atoms with Crippen LogP contribution in [0.2, 0.25) is 0 Å². The van der Waals surface area contributed by atoms with E-state index in [9.17, 15) is 29.1 Å². The lowest BCUT2D eigenvalue weighted by molar-refractivity contribution is -0.136. The second-order valence-electron chi connectivity index (χ2n) is 12.2. The number of aliphatic hydroxyl groups is 1. The molecular formula is C31H37N9O6. The van der Waals surface area contributed by atoms with Gasteiger partial charge in [0.2, 0.25) is 17.7 Å². The van der Waals surface area contributed by atoms with Crippen molar-refractivity contribution < 1.29 is 24.3 Å². The molecule has 3 aromatic rings. The summed E-state index contributed by atoms with van der Waals surface area (Å²) >= 11 is 0. The minimum Gasteiger partial charge on any atom is -0.390 e. The van der Waals surface area contributed by atoms with E-state index in [1.165, 1.54) is 0 Å². The SMILES string of the molecule is NC(=O)c1ccc(N2CCNCC2CC2(O)CCN(C(=O)CNc3ccc4nnn(C5CCC(=O)NC5=O)c(=O)c4c3)CC2)cc1. The number of benzene rings is 2. The van der Waals surface area contributed by atoms with E-state index in [1.807, 2.05) is 12.1 Å². The van der Waals surface area contributed by atoms with Gasteiger partial charge in [-0.3, -0.25) is 29.3 Å². The number of nitrogens with one attached hydrogen (secondary N) is 3. The number of piperidine rings is 2. The number of amides is 4. The average Bonchev–Trinajstić information content (AvgIpc) is 3.05. The molecule has 3 aliphatic heterocycles. The maximum absolute atomic E-state index is 13.2. The summed E-state index contributed by atoms with van der Waals surface area (Å²) in [5.41, 5.74) is 6.23. The van der Waals surface area contributed by atoms with E-state index < -0.39 is 34.9 Å². The Balaban J connectivity index is 1.05. The highest BCUT2D eigenvalue weighted by Crippen LogP contribution is 2.31. The van der Waals surface area contributed by atoms with Crippen LogP contribution in [0.4, 0.5) is 11.4 Å². The number of fused-ring (bicyclic) bond motifs is 1. The van der Waals surface area contributed by atoms with Gasteiger partial charge in [-0.25, -0.2) is 0 Å². The Morgan fingerprint density at radius 1 is 1.07 bits per heavy atom. The van der Waals surface area contributed by atoms with Gasteiger partial charge < -0.3 is 31.3 Å². The number of primary amides is 1. The second kappa shape index (κ2) is 12.8. The first-order valence-electron chi connectivity index (χ1n) is 15.4. The van der Waals surface area contributed by atoms with Crippen LogP contribution in [0.1, 0.15) is 48.5 Å². The number of piperazine rings is 1. The molecule has 6 N–H and O–H groups in total. The van der Waals surface area contributed by atoms with Gasteiger partial charge in [0.25, 0.3) is 11.5 Å². The van der Waals surface area contributed by atoms with Gasteiger partial charge in [-0.05, 0) is 68.1 Å². The zero-order valence-corrected chi connectivity index (χ0v) is 25.3. The topological polar surface area (TPSA) is 205 Å². The third kappa shape index (κ3) is 6.55. The molecule has 2 unspecified atom stereocenters. The molecule has 15 heteroatoms. The van der Waals surface area contributed by atoms with Crippen LogP contribution < -0.4 is 32.1 Å². The Hall–Kier alpha value is -4.89. The summed E-state index contributed by atoms with van der Waals surface area (Å²) in [6, 6.07) is 11.2. The molecule has 46 heavy (non-hydrogen) atoms. The lowest BCUT2D eigenvalue weighted by Crippen LogP contribution is -2.56. The molecule has 0 aliphatic carbocycles. The van der Waals surface area contributed by atoms with Crippen molar-refractivity contribution >= 4 is 45.9 Å². The Kier molecular flexibility index (Phi) is 8.69. The first-order valence-corrected chi connectivity index (χ1v) is 15.4. The quantitative estimate of drug-likeness (QED) is 0.201. The highest BCUT2D eigenvalue weighted by Gasteiger charge is 2.38. The third-order valence-corrected chi connectivity index (χ3v) is 9.13. The van der Waals surface area contributed by atoms with Crippen molar-refractivity contribution in [2.75, 3.05) is 49.5 Å². The second-order valence-corrected chi connectivity index (χ2v) is 12.2. The molecule has 0 spiro atoms. The normalized spacial score (nSPS) is 21.6. The highest BCUT2D eigenvalue weighted by molar-refractivity contribution is 5.99. The number of carbonyl (C=O) groups excluding carboxylic acids is 4. The van der Waals surface area contributed by atoms with Crippen LogP contribution in [0.3, 0.4) is 0 Å². The van der Waals surface area contributed by atoms with Crippen LogP contribution in [-0.2, 0) is 14.4 Å². The van der Waals surface area contributed by atoms with Gasteiger partial charge in [0, 0.05) is 62.1 Å². The predicted octanol–water partition coefficient (Wildman–Crippen LogP) is -0.498. The van der Waals surface area contributed by atoms with Crippen molar-refractivity contribution in [3.8, 4) is 0 Å². The van der Waals surface area contributed by atoms with Gasteiger partial charge >= 0.3 is 0 Å². The fourth-order valence-electron chi connectivity index (χ4n) is 6.49. The molecule has 0 saturated carbocycles. The lowest BCUT2D eigenvalue weighted by atomic mass is 9.84. The van der Waals surface area contributed by atoms with Crippen LogP contribution >= 0.6 is 0 Å². The largest absolute Gasteiger partial charge is 0.390 e. The summed E-state index contributed by atoms with van der Waals surface area (Å²) in [7, 11) is 0. The molecule has 2 aromatic carbocycles. The number of hydrogen-bond donors (Lipinski definition) is 5. The standard InChI is InChI=1S/C31H37N9O6/c32-28(43)19-1-4-21(5-2-19)39-14-11-33-17-22(39)16-31(46)9-12-38(13-10-31)27(42)18-34-20-3-6-24-23(15-20)30(45)40(37-36-24)25-7-8-26(41)35-29(25)44/h1-6,15,22,25,33-34,46H,7-14,16-18H2,(H2,32,43)(H,35,41,44). The van der Waals surface area contributed by atoms with Gasteiger partial charge in [0.15, 0.2) is 0 Å². The number of carbonyl (C=O) groups is 4. The summed E-state index contributed by atoms with van der Waals surface area (Å²) in [4.78, 5) is 65.5. The molecule has 1 aromatic heterocycles. The van der Waals surface area contributed by atoms with Crippen molar-refractivity contribution in [2.45, 2.75) is 49.8 Å². The summed E-state index contributed by atoms with van der Waals surface area (Å²) in [6.07, 6.45) is 1.68. The van der Waals surface area contributed by atoms with Gasteiger partial charge in [0.1, 0.15) is 11.6 Å². The van der Waals surface area contributed by atoms with E-state index in [4.69, 9.17) is 5.73 Å². The van der Waals surface area contributed by atoms with E-state index in [0.29, 0.717) is 55.7 Å². The predicted molar refractivity (Wildman–Crippen MR) is 168 cm³/mol. The van der Waals surface area contributed by atoms with Crippen LogP contribution in [0.25, 0.3) is 10.9 Å². The number of rotatable bonds is 8.